The molecule has 6 heteroatoms. The van der Waals surface area contributed by atoms with E-state index in [4.69, 9.17) is 14.0 Å². The molecule has 33 heavy (non-hydrogen) atoms. The van der Waals surface area contributed by atoms with Crippen LogP contribution in [0.5, 0.6) is 5.75 Å². The van der Waals surface area contributed by atoms with Crippen LogP contribution in [0.15, 0.2) is 46.9 Å². The zero-order valence-electron chi connectivity index (χ0n) is 20.2. The molecule has 0 saturated carbocycles. The van der Waals surface area contributed by atoms with Crippen molar-refractivity contribution in [2.24, 2.45) is 5.41 Å². The van der Waals surface area contributed by atoms with E-state index >= 15 is 0 Å². The third-order valence-electron chi connectivity index (χ3n) is 7.26. The maximum Gasteiger partial charge on any atom is 0.141 e. The molecule has 0 bridgehead atoms. The number of aromatic nitrogens is 1. The van der Waals surface area contributed by atoms with E-state index in [-0.39, 0.29) is 11.5 Å². The zero-order valence-corrected chi connectivity index (χ0v) is 20.2. The monoisotopic (exact) mass is 447 g/mol. The number of dihydropyridines is 1. The lowest BCUT2D eigenvalue weighted by molar-refractivity contribution is 0.0152. The van der Waals surface area contributed by atoms with Crippen LogP contribution >= 0.6 is 0 Å². The summed E-state index contributed by atoms with van der Waals surface area (Å²) in [6.45, 7) is 11.1. The highest BCUT2D eigenvalue weighted by Gasteiger charge is 2.37. The zero-order chi connectivity index (χ0) is 23.2. The maximum absolute atomic E-state index is 5.65. The number of hydrogen-bond donors (Lipinski definition) is 1. The molecule has 1 fully saturated rings. The van der Waals surface area contributed by atoms with E-state index in [1.54, 1.807) is 7.11 Å². The number of allylic oxidation sites excluding steroid dienone is 2. The number of fused-ring (bicyclic) bond motifs is 1. The van der Waals surface area contributed by atoms with E-state index in [0.29, 0.717) is 0 Å². The highest BCUT2D eigenvalue weighted by molar-refractivity contribution is 5.84. The van der Waals surface area contributed by atoms with Crippen molar-refractivity contribution in [1.29, 1.82) is 0 Å². The second-order valence-electron chi connectivity index (χ2n) is 9.79. The van der Waals surface area contributed by atoms with Gasteiger partial charge in [-0.15, -0.1) is 0 Å². The van der Waals surface area contributed by atoms with E-state index in [1.807, 2.05) is 13.8 Å². The molecular weight excluding hydrogens is 414 g/mol. The fourth-order valence-electron chi connectivity index (χ4n) is 5.21. The second-order valence-corrected chi connectivity index (χ2v) is 9.79. The van der Waals surface area contributed by atoms with Gasteiger partial charge in [0.2, 0.25) is 0 Å². The predicted octanol–water partition coefficient (Wildman–Crippen LogP) is 4.98. The number of ether oxygens (including phenoxy) is 2. The van der Waals surface area contributed by atoms with Crippen molar-refractivity contribution in [3.63, 3.8) is 0 Å². The Morgan fingerprint density at radius 3 is 2.70 bits per heavy atom. The van der Waals surface area contributed by atoms with Crippen LogP contribution in [-0.4, -0.2) is 43.0 Å². The number of hydrogen-bond acceptors (Lipinski definition) is 6. The van der Waals surface area contributed by atoms with Gasteiger partial charge in [-0.1, -0.05) is 24.2 Å². The summed E-state index contributed by atoms with van der Waals surface area (Å²) < 4.78 is 16.7. The van der Waals surface area contributed by atoms with Gasteiger partial charge in [-0.25, -0.2) is 0 Å². The first kappa shape index (κ1) is 21.8. The fraction of sp³-hybridized carbons (Fsp3) is 0.444. The minimum Gasteiger partial charge on any atom is -0.496 e. The molecule has 6 nitrogen and oxygen atoms in total. The quantitative estimate of drug-likeness (QED) is 0.698. The standard InChI is InChI=1S/C27H33N3O3/c1-17-6-7-20(13-24(17)31-5)22-15-30(16-27(4)8-10-32-11-9-27)23-12-21(14-28-26(22)23)25-18(2)29-33-19(25)3/h6-7,12-15,26,28H,8-11,16H2,1-5H3. The van der Waals surface area contributed by atoms with Crippen LogP contribution in [0.3, 0.4) is 0 Å². The van der Waals surface area contributed by atoms with Gasteiger partial charge >= 0.3 is 0 Å². The SMILES string of the molecule is COc1cc(C2=CN(CC3(C)CCOCC3)C3=CC(c4c(C)noc4C)=CNC23)ccc1C. The second kappa shape index (κ2) is 8.41. The molecule has 174 valence electrons. The van der Waals surface area contributed by atoms with Crippen molar-refractivity contribution in [2.75, 3.05) is 26.9 Å². The number of nitrogens with zero attached hydrogens (tertiary/aromatic N) is 2. The van der Waals surface area contributed by atoms with E-state index in [2.05, 4.69) is 65.9 Å². The minimum absolute atomic E-state index is 0.0880. The van der Waals surface area contributed by atoms with Gasteiger partial charge in [0.15, 0.2) is 0 Å². The molecule has 2 aromatic rings. The molecule has 1 atom stereocenters. The van der Waals surface area contributed by atoms with E-state index < -0.39 is 0 Å². The van der Waals surface area contributed by atoms with E-state index in [1.165, 1.54) is 16.8 Å². The van der Waals surface area contributed by atoms with Gasteiger partial charge in [0.25, 0.3) is 0 Å². The Kier molecular flexibility index (Phi) is 5.57. The Balaban J connectivity index is 1.54. The lowest BCUT2D eigenvalue weighted by Gasteiger charge is -2.38. The van der Waals surface area contributed by atoms with Gasteiger partial charge in [-0.05, 0) is 62.3 Å². The van der Waals surface area contributed by atoms with E-state index in [9.17, 15) is 0 Å². The Labute approximate surface area is 195 Å². The molecule has 0 amide bonds. The topological polar surface area (TPSA) is 59.8 Å². The predicted molar refractivity (Wildman–Crippen MR) is 130 cm³/mol. The van der Waals surface area contributed by atoms with Crippen LogP contribution in [0.4, 0.5) is 0 Å². The molecule has 3 aliphatic heterocycles. The Morgan fingerprint density at radius 1 is 1.21 bits per heavy atom. The molecule has 4 heterocycles. The number of benzene rings is 1. The average molecular weight is 448 g/mol. The lowest BCUT2D eigenvalue weighted by Crippen LogP contribution is -2.39. The first-order valence-electron chi connectivity index (χ1n) is 11.7. The maximum atomic E-state index is 5.65. The number of nitrogens with one attached hydrogen (secondary N) is 1. The molecule has 1 saturated heterocycles. The molecule has 1 aromatic heterocycles. The molecule has 0 radical (unpaired) electrons. The summed E-state index contributed by atoms with van der Waals surface area (Å²) in [6, 6.07) is 6.56. The first-order chi connectivity index (χ1) is 15.9. The normalized spacial score (nSPS) is 21.7. The van der Waals surface area contributed by atoms with Crippen LogP contribution in [-0.2, 0) is 4.74 Å². The summed E-state index contributed by atoms with van der Waals surface area (Å²) in [5.74, 6) is 1.75. The van der Waals surface area contributed by atoms with Crippen LogP contribution in [0.1, 0.15) is 47.9 Å². The highest BCUT2D eigenvalue weighted by Crippen LogP contribution is 2.42. The molecule has 1 aromatic carbocycles. The van der Waals surface area contributed by atoms with Gasteiger partial charge in [-0.3, -0.25) is 0 Å². The summed E-state index contributed by atoms with van der Waals surface area (Å²) in [5, 5.41) is 7.84. The molecular formula is C27H33N3O3. The molecule has 3 aliphatic rings. The third-order valence-corrected chi connectivity index (χ3v) is 7.26. The molecule has 1 unspecified atom stereocenters. The smallest absolute Gasteiger partial charge is 0.141 e. The Bertz CT molecular complexity index is 1130. The molecule has 5 rings (SSSR count). The third kappa shape index (κ3) is 3.97. The van der Waals surface area contributed by atoms with Gasteiger partial charge in [-0.2, -0.15) is 0 Å². The van der Waals surface area contributed by atoms with Crippen LogP contribution < -0.4 is 10.1 Å². The average Bonchev–Trinajstić information content (AvgIpc) is 3.33. The summed E-state index contributed by atoms with van der Waals surface area (Å²) in [6.07, 6.45) is 8.86. The van der Waals surface area contributed by atoms with Gasteiger partial charge in [0.05, 0.1) is 18.8 Å². The molecule has 0 spiro atoms. The van der Waals surface area contributed by atoms with Crippen molar-refractivity contribution < 1.29 is 14.0 Å². The van der Waals surface area contributed by atoms with Crippen LogP contribution in [0.25, 0.3) is 11.1 Å². The summed E-state index contributed by atoms with van der Waals surface area (Å²) in [4.78, 5) is 2.44. The molecule has 1 N–H and O–H groups in total. The first-order valence-corrected chi connectivity index (χ1v) is 11.7. The summed E-state index contributed by atoms with van der Waals surface area (Å²) in [7, 11) is 1.73. The van der Waals surface area contributed by atoms with Crippen LogP contribution in [0.2, 0.25) is 0 Å². The highest BCUT2D eigenvalue weighted by atomic mass is 16.5. The van der Waals surface area contributed by atoms with Crippen molar-refractivity contribution in [1.82, 2.24) is 15.4 Å². The lowest BCUT2D eigenvalue weighted by atomic mass is 9.82. The molecule has 0 aliphatic carbocycles. The number of aryl methyl sites for hydroxylation is 3. The van der Waals surface area contributed by atoms with Crippen molar-refractivity contribution in [3.05, 3.63) is 70.5 Å². The van der Waals surface area contributed by atoms with Crippen molar-refractivity contribution in [2.45, 2.75) is 46.6 Å². The van der Waals surface area contributed by atoms with Crippen molar-refractivity contribution >= 4 is 11.1 Å². The fourth-order valence-corrected chi connectivity index (χ4v) is 5.21. The summed E-state index contributed by atoms with van der Waals surface area (Å²) in [5.41, 5.74) is 8.12. The minimum atomic E-state index is 0.0880. The summed E-state index contributed by atoms with van der Waals surface area (Å²) >= 11 is 0. The Hall–Kier alpha value is -2.99. The number of methoxy groups -OCH3 is 1. The Morgan fingerprint density at radius 2 is 2.00 bits per heavy atom. The van der Waals surface area contributed by atoms with Gasteiger partial charge in [0, 0.05) is 54.6 Å². The van der Waals surface area contributed by atoms with Gasteiger partial charge < -0.3 is 24.2 Å². The van der Waals surface area contributed by atoms with E-state index in [0.717, 1.165) is 66.5 Å². The van der Waals surface area contributed by atoms with Crippen LogP contribution in [0, 0.1) is 26.2 Å². The number of rotatable bonds is 5. The van der Waals surface area contributed by atoms with Crippen molar-refractivity contribution in [3.8, 4) is 5.75 Å². The largest absolute Gasteiger partial charge is 0.496 e. The van der Waals surface area contributed by atoms with Gasteiger partial charge in [0.1, 0.15) is 11.5 Å².